The minimum absolute atomic E-state index is 0.258. The molecule has 0 saturated heterocycles. The molecule has 9 heteroatoms. The lowest BCUT2D eigenvalue weighted by molar-refractivity contribution is -0.130. The summed E-state index contributed by atoms with van der Waals surface area (Å²) in [6.07, 6.45) is 3.34. The Kier molecular flexibility index (Phi) is 6.41. The number of nitrogens with two attached hydrogens (primary N) is 1. The Balaban J connectivity index is 1.48. The Hall–Kier alpha value is -4.84. The summed E-state index contributed by atoms with van der Waals surface area (Å²) in [6, 6.07) is 14.1. The van der Waals surface area contributed by atoms with Crippen LogP contribution in [0.2, 0.25) is 0 Å². The molecule has 0 aliphatic carbocycles. The van der Waals surface area contributed by atoms with Gasteiger partial charge in [-0.3, -0.25) is 4.79 Å². The highest BCUT2D eigenvalue weighted by Gasteiger charge is 2.08. The van der Waals surface area contributed by atoms with Crippen molar-refractivity contribution in [3.8, 4) is 23.3 Å². The van der Waals surface area contributed by atoms with Crippen molar-refractivity contribution in [2.45, 2.75) is 19.9 Å². The largest absolute Gasteiger partial charge is 0.472 e. The first-order valence-electron chi connectivity index (χ1n) is 10.4. The Morgan fingerprint density at radius 2 is 2.03 bits per heavy atom. The third kappa shape index (κ3) is 5.31. The molecule has 2 aromatic heterocycles. The van der Waals surface area contributed by atoms with Gasteiger partial charge in [-0.25, -0.2) is 14.8 Å². The van der Waals surface area contributed by atoms with Crippen molar-refractivity contribution in [3.63, 3.8) is 0 Å². The summed E-state index contributed by atoms with van der Waals surface area (Å²) in [5.74, 6) is 4.98. The molecular formula is C25H21N5O4. The second kappa shape index (κ2) is 9.75. The van der Waals surface area contributed by atoms with Crippen molar-refractivity contribution in [3.05, 3.63) is 77.0 Å². The molecule has 0 fully saturated rings. The molecule has 0 aliphatic heterocycles. The van der Waals surface area contributed by atoms with E-state index >= 15 is 0 Å². The number of hydrogen-bond donors (Lipinski definition) is 3. The van der Waals surface area contributed by atoms with Crippen LogP contribution in [0.4, 0.5) is 17.2 Å². The third-order valence-electron chi connectivity index (χ3n) is 4.97. The van der Waals surface area contributed by atoms with E-state index in [1.165, 1.54) is 17.0 Å². The number of anilines is 3. The van der Waals surface area contributed by atoms with Crippen LogP contribution in [0.15, 0.2) is 65.8 Å². The SMILES string of the molecule is Cc1cc(Nc2ncnc3ccc(N)cc23)ccc1Oc1ccn(CCC#CC(=O)O)c(=O)c1. The topological polar surface area (TPSA) is 132 Å². The van der Waals surface area contributed by atoms with Crippen LogP contribution in [0.25, 0.3) is 10.9 Å². The van der Waals surface area contributed by atoms with Crippen LogP contribution in [0, 0.1) is 18.8 Å². The first-order valence-corrected chi connectivity index (χ1v) is 10.4. The lowest BCUT2D eigenvalue weighted by Gasteiger charge is -2.13. The van der Waals surface area contributed by atoms with Gasteiger partial charge in [0.1, 0.15) is 23.6 Å². The molecule has 0 spiro atoms. The van der Waals surface area contributed by atoms with Gasteiger partial charge in [-0.2, -0.15) is 0 Å². The van der Waals surface area contributed by atoms with Crippen molar-refractivity contribution in [2.75, 3.05) is 11.1 Å². The van der Waals surface area contributed by atoms with Gasteiger partial charge in [-0.15, -0.1) is 0 Å². The van der Waals surface area contributed by atoms with E-state index in [1.54, 1.807) is 18.3 Å². The molecule has 0 saturated carbocycles. The molecule has 4 N–H and O–H groups in total. The maximum absolute atomic E-state index is 12.3. The second-order valence-corrected chi connectivity index (χ2v) is 7.46. The maximum Gasteiger partial charge on any atom is 0.381 e. The highest BCUT2D eigenvalue weighted by Crippen LogP contribution is 2.29. The van der Waals surface area contributed by atoms with Crippen LogP contribution in [0.1, 0.15) is 12.0 Å². The van der Waals surface area contributed by atoms with E-state index < -0.39 is 5.97 Å². The number of nitrogens with one attached hydrogen (secondary N) is 1. The molecule has 170 valence electrons. The van der Waals surface area contributed by atoms with Gasteiger partial charge in [-0.05, 0) is 55.0 Å². The quantitative estimate of drug-likeness (QED) is 0.296. The Bertz CT molecular complexity index is 1500. The second-order valence-electron chi connectivity index (χ2n) is 7.46. The Morgan fingerprint density at radius 1 is 1.18 bits per heavy atom. The number of pyridine rings is 1. The number of hydrogen-bond acceptors (Lipinski definition) is 7. The van der Waals surface area contributed by atoms with Crippen LogP contribution in [0.5, 0.6) is 11.5 Å². The van der Waals surface area contributed by atoms with Gasteiger partial charge >= 0.3 is 5.97 Å². The lowest BCUT2D eigenvalue weighted by Crippen LogP contribution is -2.18. The van der Waals surface area contributed by atoms with Crippen LogP contribution < -0.4 is 21.3 Å². The number of carbonyl (C=O) groups is 1. The molecule has 0 bridgehead atoms. The Morgan fingerprint density at radius 3 is 2.79 bits per heavy atom. The predicted molar refractivity (Wildman–Crippen MR) is 129 cm³/mol. The molecule has 34 heavy (non-hydrogen) atoms. The van der Waals surface area contributed by atoms with Crippen LogP contribution in [0.3, 0.4) is 0 Å². The van der Waals surface area contributed by atoms with E-state index in [0.717, 1.165) is 22.2 Å². The number of fused-ring (bicyclic) bond motifs is 1. The van der Waals surface area contributed by atoms with Crippen molar-refractivity contribution in [2.24, 2.45) is 0 Å². The first kappa shape index (κ1) is 22.4. The van der Waals surface area contributed by atoms with Gasteiger partial charge in [0.2, 0.25) is 0 Å². The lowest BCUT2D eigenvalue weighted by atomic mass is 10.2. The van der Waals surface area contributed by atoms with Gasteiger partial charge < -0.3 is 25.5 Å². The van der Waals surface area contributed by atoms with Crippen molar-refractivity contribution >= 4 is 34.1 Å². The summed E-state index contributed by atoms with van der Waals surface area (Å²) in [7, 11) is 0. The zero-order valence-corrected chi connectivity index (χ0v) is 18.3. The fourth-order valence-electron chi connectivity index (χ4n) is 3.33. The van der Waals surface area contributed by atoms with E-state index in [9.17, 15) is 9.59 Å². The van der Waals surface area contributed by atoms with Gasteiger partial charge in [0.05, 0.1) is 5.52 Å². The number of nitrogen functional groups attached to an aromatic ring is 1. The molecule has 0 amide bonds. The molecule has 4 rings (SSSR count). The van der Waals surface area contributed by atoms with Crippen molar-refractivity contribution in [1.29, 1.82) is 0 Å². The number of rotatable bonds is 6. The number of nitrogens with zero attached hydrogens (tertiary/aromatic N) is 3. The average molecular weight is 455 g/mol. The highest BCUT2D eigenvalue weighted by atomic mass is 16.5. The molecule has 0 aliphatic rings. The maximum atomic E-state index is 12.3. The number of benzene rings is 2. The summed E-state index contributed by atoms with van der Waals surface area (Å²) in [6.45, 7) is 2.20. The van der Waals surface area contributed by atoms with Gasteiger partial charge in [0.15, 0.2) is 0 Å². The first-order chi connectivity index (χ1) is 16.4. The number of carboxylic acid groups (broad SMARTS) is 1. The predicted octanol–water partition coefficient (Wildman–Crippen LogP) is 3.70. The molecule has 0 atom stereocenters. The van der Waals surface area contributed by atoms with Crippen molar-refractivity contribution < 1.29 is 14.6 Å². The normalized spacial score (nSPS) is 10.4. The number of carboxylic acids is 1. The molecule has 2 heterocycles. The molecule has 2 aromatic carbocycles. The van der Waals surface area contributed by atoms with Gasteiger partial charge in [0, 0.05) is 47.9 Å². The highest BCUT2D eigenvalue weighted by molar-refractivity contribution is 5.92. The molecular weight excluding hydrogens is 434 g/mol. The molecule has 4 aromatic rings. The zero-order valence-electron chi connectivity index (χ0n) is 18.3. The van der Waals surface area contributed by atoms with Gasteiger partial charge in [0.25, 0.3) is 5.56 Å². The van der Waals surface area contributed by atoms with E-state index in [0.29, 0.717) is 29.5 Å². The summed E-state index contributed by atoms with van der Waals surface area (Å²) in [4.78, 5) is 31.3. The molecule has 0 radical (unpaired) electrons. The standard InChI is InChI=1S/C25H21N5O4/c1-16-12-18(29-25-20-13-17(26)5-7-21(20)27-15-28-25)6-8-22(16)34-19-9-11-30(23(31)14-19)10-3-2-4-24(32)33/h5-9,11-15H,3,10,26H2,1H3,(H,32,33)(H,27,28,29). The number of ether oxygens (including phenoxy) is 1. The van der Waals surface area contributed by atoms with Crippen LogP contribution >= 0.6 is 0 Å². The smallest absolute Gasteiger partial charge is 0.381 e. The molecule has 9 nitrogen and oxygen atoms in total. The zero-order chi connectivity index (χ0) is 24.1. The summed E-state index contributed by atoms with van der Waals surface area (Å²) in [5, 5.41) is 12.6. The fourth-order valence-corrected chi connectivity index (χ4v) is 3.33. The van der Waals surface area contributed by atoms with Crippen LogP contribution in [-0.2, 0) is 11.3 Å². The summed E-state index contributed by atoms with van der Waals surface area (Å²) >= 11 is 0. The average Bonchev–Trinajstić information content (AvgIpc) is 2.80. The van der Waals surface area contributed by atoms with E-state index in [2.05, 4.69) is 21.2 Å². The number of aryl methyl sites for hydroxylation is 2. The third-order valence-corrected chi connectivity index (χ3v) is 4.97. The van der Waals surface area contributed by atoms with E-state index in [4.69, 9.17) is 15.6 Å². The minimum Gasteiger partial charge on any atom is -0.472 e. The Labute approximate surface area is 194 Å². The van der Waals surface area contributed by atoms with E-state index in [-0.39, 0.29) is 12.0 Å². The van der Waals surface area contributed by atoms with Crippen molar-refractivity contribution in [1.82, 2.24) is 14.5 Å². The van der Waals surface area contributed by atoms with E-state index in [1.807, 2.05) is 43.2 Å². The number of aliphatic carboxylic acids is 1. The fraction of sp³-hybridized carbons (Fsp3) is 0.120. The summed E-state index contributed by atoms with van der Waals surface area (Å²) in [5.41, 5.74) is 8.73. The molecule has 0 unspecified atom stereocenters. The number of aromatic nitrogens is 3. The van der Waals surface area contributed by atoms with Crippen LogP contribution in [-0.4, -0.2) is 25.6 Å². The van der Waals surface area contributed by atoms with Gasteiger partial charge in [-0.1, -0.05) is 5.92 Å². The monoisotopic (exact) mass is 455 g/mol. The minimum atomic E-state index is -1.19. The summed E-state index contributed by atoms with van der Waals surface area (Å²) < 4.78 is 7.35.